The summed E-state index contributed by atoms with van der Waals surface area (Å²) < 4.78 is 33.4. The molecule has 0 unspecified atom stereocenters. The van der Waals surface area contributed by atoms with Crippen LogP contribution in [0.2, 0.25) is 0 Å². The van der Waals surface area contributed by atoms with Gasteiger partial charge in [-0.15, -0.1) is 0 Å². The van der Waals surface area contributed by atoms with Crippen molar-refractivity contribution in [3.63, 3.8) is 0 Å². The molecule has 0 amide bonds. The molecule has 360 valence electrons. The van der Waals surface area contributed by atoms with Crippen LogP contribution in [0.3, 0.4) is 0 Å². The van der Waals surface area contributed by atoms with Gasteiger partial charge in [-0.05, 0) is 146 Å². The van der Waals surface area contributed by atoms with Crippen LogP contribution in [0, 0.1) is 5.82 Å². The van der Waals surface area contributed by atoms with Gasteiger partial charge in [0, 0.05) is 47.3 Å². The third-order valence-corrected chi connectivity index (χ3v) is 14.3. The molecule has 7 aromatic carbocycles. The standard InChI is InChI=1S/C65H67FN4O/c1-40(2)44-29-45(41(3)4)31-47(30-44)57-35-49(65(10,11)12)34-56(43-21-23-50(66)24-22-43)63(57)69-39-68(59-19-15-16-20-60(59)69)51-32-46(42(5)6)33-53(37-51)71-52-25-26-55-54-17-13-14-18-58(54)70(61(55)38-52)62-36-48(27-28-67-62)64(7,8)9/h13-38,40-42H,39H2,1-12H3/i42D. The summed E-state index contributed by atoms with van der Waals surface area (Å²) in [6.45, 7) is 26.9. The Bertz CT molecular complexity index is 3490. The molecule has 0 atom stereocenters. The van der Waals surface area contributed by atoms with E-state index < -0.39 is 5.89 Å². The van der Waals surface area contributed by atoms with E-state index >= 15 is 0 Å². The van der Waals surface area contributed by atoms with Crippen molar-refractivity contribution in [2.75, 3.05) is 16.5 Å². The van der Waals surface area contributed by atoms with Crippen molar-refractivity contribution in [1.29, 1.82) is 0 Å². The molecule has 6 heteroatoms. The Morgan fingerprint density at radius 1 is 0.549 bits per heavy atom. The van der Waals surface area contributed by atoms with Gasteiger partial charge in [-0.25, -0.2) is 9.37 Å². The zero-order valence-corrected chi connectivity index (χ0v) is 43.4. The summed E-state index contributed by atoms with van der Waals surface area (Å²) >= 11 is 0. The largest absolute Gasteiger partial charge is 0.457 e. The molecule has 71 heavy (non-hydrogen) atoms. The van der Waals surface area contributed by atoms with E-state index in [4.69, 9.17) is 9.72 Å². The molecule has 1 aliphatic rings. The van der Waals surface area contributed by atoms with Crippen LogP contribution < -0.4 is 14.5 Å². The van der Waals surface area contributed by atoms with E-state index in [9.17, 15) is 5.76 Å². The van der Waals surface area contributed by atoms with E-state index in [2.05, 4.69) is 199 Å². The Morgan fingerprint density at radius 3 is 1.82 bits per heavy atom. The van der Waals surface area contributed by atoms with E-state index in [1.165, 1.54) is 22.3 Å². The number of ether oxygens (including phenoxy) is 1. The number of aromatic nitrogens is 2. The maximum Gasteiger partial charge on any atom is 0.137 e. The van der Waals surface area contributed by atoms with Gasteiger partial charge in [0.25, 0.3) is 0 Å². The van der Waals surface area contributed by atoms with Crippen LogP contribution in [0.15, 0.2) is 158 Å². The van der Waals surface area contributed by atoms with E-state index in [1.807, 2.05) is 44.3 Å². The Hall–Kier alpha value is -7.18. The monoisotopic (exact) mass is 940 g/mol. The molecular formula is C65H67FN4O. The number of anilines is 4. The lowest BCUT2D eigenvalue weighted by Crippen LogP contribution is -2.25. The first kappa shape index (κ1) is 46.2. The SMILES string of the molecule is [2H]C(C)(C)c1cc(Oc2ccc3c4ccccc4n(-c4cc(C(C)(C)C)ccn4)c3c2)cc(N2CN(c3c(-c4ccc(F)cc4)cc(C(C)(C)C)cc3-c3cc(C(C)C)cc(C(C)C)c3)c3ccccc32)c1. The molecule has 0 saturated heterocycles. The number of pyridine rings is 1. The molecule has 10 rings (SSSR count). The van der Waals surface area contributed by atoms with Gasteiger partial charge in [0.15, 0.2) is 0 Å². The molecule has 0 spiro atoms. The fourth-order valence-electron chi connectivity index (χ4n) is 10.0. The van der Waals surface area contributed by atoms with Gasteiger partial charge in [0.05, 0.1) is 28.1 Å². The summed E-state index contributed by atoms with van der Waals surface area (Å²) in [6.07, 6.45) is 1.91. The molecule has 1 aliphatic heterocycles. The van der Waals surface area contributed by atoms with Crippen molar-refractivity contribution in [2.24, 2.45) is 0 Å². The van der Waals surface area contributed by atoms with Gasteiger partial charge in [0.2, 0.25) is 0 Å². The number of benzene rings is 7. The molecule has 0 bridgehead atoms. The number of fused-ring (bicyclic) bond motifs is 4. The first-order chi connectivity index (χ1) is 34.1. The predicted octanol–water partition coefficient (Wildman–Crippen LogP) is 18.7. The quantitative estimate of drug-likeness (QED) is 0.137. The summed E-state index contributed by atoms with van der Waals surface area (Å²) in [4.78, 5) is 9.68. The number of hydrogen-bond donors (Lipinski definition) is 0. The van der Waals surface area contributed by atoms with Crippen molar-refractivity contribution in [3.05, 3.63) is 191 Å². The molecule has 0 saturated carbocycles. The lowest BCUT2D eigenvalue weighted by Gasteiger charge is -2.31. The van der Waals surface area contributed by atoms with Crippen molar-refractivity contribution < 1.29 is 10.5 Å². The summed E-state index contributed by atoms with van der Waals surface area (Å²) in [5, 5.41) is 2.26. The zero-order chi connectivity index (χ0) is 51.0. The van der Waals surface area contributed by atoms with E-state index in [1.54, 1.807) is 12.1 Å². The van der Waals surface area contributed by atoms with Crippen LogP contribution >= 0.6 is 0 Å². The van der Waals surface area contributed by atoms with Gasteiger partial charge < -0.3 is 14.5 Å². The van der Waals surface area contributed by atoms with E-state index in [-0.39, 0.29) is 16.6 Å². The summed E-state index contributed by atoms with van der Waals surface area (Å²) in [6, 6.07) is 52.7. The minimum Gasteiger partial charge on any atom is -0.457 e. The van der Waals surface area contributed by atoms with Crippen LogP contribution in [0.4, 0.5) is 27.1 Å². The summed E-state index contributed by atoms with van der Waals surface area (Å²) in [5.74, 6) is 1.64. The molecule has 2 aromatic heterocycles. The highest BCUT2D eigenvalue weighted by molar-refractivity contribution is 6.09. The van der Waals surface area contributed by atoms with E-state index in [0.29, 0.717) is 30.0 Å². The first-order valence-corrected chi connectivity index (χ1v) is 25.2. The minimum atomic E-state index is -0.936. The smallest absolute Gasteiger partial charge is 0.137 e. The molecule has 0 N–H and O–H groups in total. The highest BCUT2D eigenvalue weighted by atomic mass is 19.1. The van der Waals surface area contributed by atoms with Crippen LogP contribution in [-0.4, -0.2) is 16.2 Å². The third-order valence-electron chi connectivity index (χ3n) is 14.3. The summed E-state index contributed by atoms with van der Waals surface area (Å²) in [5.41, 5.74) is 16.0. The van der Waals surface area contributed by atoms with Crippen molar-refractivity contribution in [1.82, 2.24) is 9.55 Å². The number of halogens is 1. The fourth-order valence-corrected chi connectivity index (χ4v) is 10.0. The van der Waals surface area contributed by atoms with Crippen LogP contribution in [-0.2, 0) is 10.8 Å². The zero-order valence-electron chi connectivity index (χ0n) is 44.4. The number of nitrogens with zero attached hydrogens (tertiary/aromatic N) is 4. The highest BCUT2D eigenvalue weighted by Gasteiger charge is 2.33. The average molecular weight is 940 g/mol. The predicted molar refractivity (Wildman–Crippen MR) is 298 cm³/mol. The Balaban J connectivity index is 1.13. The fraction of sp³-hybridized carbons (Fsp3) is 0.277. The van der Waals surface area contributed by atoms with Gasteiger partial charge >= 0.3 is 0 Å². The number of rotatable bonds is 10. The second-order valence-corrected chi connectivity index (χ2v) is 22.4. The Kier molecular flexibility index (Phi) is 11.9. The Morgan fingerprint density at radius 2 is 1.17 bits per heavy atom. The van der Waals surface area contributed by atoms with Crippen molar-refractivity contribution >= 4 is 44.6 Å². The van der Waals surface area contributed by atoms with Crippen LogP contribution in [0.1, 0.15) is 130 Å². The summed E-state index contributed by atoms with van der Waals surface area (Å²) in [7, 11) is 0. The van der Waals surface area contributed by atoms with Crippen molar-refractivity contribution in [2.45, 2.75) is 112 Å². The van der Waals surface area contributed by atoms with Gasteiger partial charge in [-0.3, -0.25) is 4.57 Å². The number of para-hydroxylation sites is 3. The first-order valence-electron chi connectivity index (χ1n) is 25.7. The van der Waals surface area contributed by atoms with Crippen molar-refractivity contribution in [3.8, 4) is 39.6 Å². The topological polar surface area (TPSA) is 33.5 Å². The molecule has 0 aliphatic carbocycles. The second-order valence-electron chi connectivity index (χ2n) is 22.4. The van der Waals surface area contributed by atoms with E-state index in [0.717, 1.165) is 78.2 Å². The van der Waals surface area contributed by atoms with Gasteiger partial charge in [-0.2, -0.15) is 0 Å². The molecule has 3 heterocycles. The number of hydrogen-bond acceptors (Lipinski definition) is 4. The molecule has 5 nitrogen and oxygen atoms in total. The third kappa shape index (κ3) is 9.10. The molecular weight excluding hydrogens is 872 g/mol. The lowest BCUT2D eigenvalue weighted by atomic mass is 9.81. The second kappa shape index (κ2) is 18.2. The van der Waals surface area contributed by atoms with Gasteiger partial charge in [0.1, 0.15) is 29.8 Å². The molecule has 0 fully saturated rings. The maximum absolute atomic E-state index is 14.8. The minimum absolute atomic E-state index is 0.0486. The molecule has 0 radical (unpaired) electrons. The molecule has 9 aromatic rings. The van der Waals surface area contributed by atoms with Crippen LogP contribution in [0.5, 0.6) is 11.5 Å². The normalized spacial score (nSPS) is 13.5. The highest BCUT2D eigenvalue weighted by Crippen LogP contribution is 2.52. The lowest BCUT2D eigenvalue weighted by molar-refractivity contribution is 0.482. The average Bonchev–Trinajstić information content (AvgIpc) is 3.89. The maximum atomic E-state index is 14.8. The van der Waals surface area contributed by atoms with Crippen LogP contribution in [0.25, 0.3) is 49.9 Å². The Labute approximate surface area is 422 Å². The van der Waals surface area contributed by atoms with Gasteiger partial charge in [-0.1, -0.05) is 144 Å².